The molecule has 0 nitrogen and oxygen atoms in total. The van der Waals surface area contributed by atoms with Crippen molar-refractivity contribution in [3.8, 4) is 0 Å². The molecule has 0 spiro atoms. The molecule has 42 valence electrons. The highest BCUT2D eigenvalue weighted by Crippen LogP contribution is 2.29. The Morgan fingerprint density at radius 3 is 2.29 bits per heavy atom. The van der Waals surface area contributed by atoms with Gasteiger partial charge in [0.2, 0.25) is 0 Å². The second kappa shape index (κ2) is 1.85. The average Bonchev–Trinajstić information content (AvgIpc) is 2.32. The Morgan fingerprint density at radius 2 is 1.86 bits per heavy atom. The summed E-state index contributed by atoms with van der Waals surface area (Å²) >= 11 is 0. The van der Waals surface area contributed by atoms with E-state index in [0.29, 0.717) is 0 Å². The molecule has 0 aromatic carbocycles. The van der Waals surface area contributed by atoms with Gasteiger partial charge in [-0.3, -0.25) is 0 Å². The summed E-state index contributed by atoms with van der Waals surface area (Å²) in [7, 11) is 0. The molecule has 0 aromatic heterocycles. The van der Waals surface area contributed by atoms with E-state index in [1.54, 1.807) is 0 Å². The Morgan fingerprint density at radius 1 is 1.29 bits per heavy atom. The summed E-state index contributed by atoms with van der Waals surface area (Å²) in [6, 6.07) is 0. The standard InChI is InChI=1S/C7H14/c1-6-4-3-5-7(6)2/h6-7H,3-5H2,1-2H3/t6-,7-/m0/s1/i1D2,2D2. The molecule has 0 unspecified atom stereocenters. The van der Waals surface area contributed by atoms with Crippen LogP contribution in [-0.4, -0.2) is 0 Å². The van der Waals surface area contributed by atoms with Gasteiger partial charge >= 0.3 is 0 Å². The van der Waals surface area contributed by atoms with Gasteiger partial charge in [-0.1, -0.05) is 33.0 Å². The molecule has 2 atom stereocenters. The average molecular weight is 102 g/mol. The van der Waals surface area contributed by atoms with Crippen molar-refractivity contribution in [2.24, 2.45) is 11.8 Å². The van der Waals surface area contributed by atoms with E-state index in [1.807, 2.05) is 0 Å². The van der Waals surface area contributed by atoms with Gasteiger partial charge in [-0.2, -0.15) is 0 Å². The quantitative estimate of drug-likeness (QED) is 0.440. The third-order valence-electron chi connectivity index (χ3n) is 1.62. The summed E-state index contributed by atoms with van der Waals surface area (Å²) in [6.45, 7) is -1.67. The Bertz CT molecular complexity index is 110. The van der Waals surface area contributed by atoms with Gasteiger partial charge in [0.05, 0.1) is 0 Å². The minimum Gasteiger partial charge on any atom is -0.0623 e. The van der Waals surface area contributed by atoms with Crippen molar-refractivity contribution in [3.63, 3.8) is 0 Å². The zero-order chi connectivity index (χ0) is 8.43. The Kier molecular flexibility index (Phi) is 0.551. The van der Waals surface area contributed by atoms with Gasteiger partial charge in [0, 0.05) is 5.48 Å². The molecule has 7 heavy (non-hydrogen) atoms. The minimum atomic E-state index is -0.833. The largest absolute Gasteiger partial charge is 0.0623 e. The molecular weight excluding hydrogens is 84.1 g/mol. The van der Waals surface area contributed by atoms with E-state index in [4.69, 9.17) is 5.48 Å². The number of hydrogen-bond donors (Lipinski definition) is 0. The summed E-state index contributed by atoms with van der Waals surface area (Å²) in [4.78, 5) is 0. The van der Waals surface area contributed by atoms with E-state index in [2.05, 4.69) is 0 Å². The Balaban J connectivity index is 2.51. The van der Waals surface area contributed by atoms with Crippen molar-refractivity contribution in [1.82, 2.24) is 0 Å². The molecule has 0 aromatic rings. The lowest BCUT2D eigenvalue weighted by atomic mass is 10.0. The summed E-state index contributed by atoms with van der Waals surface area (Å²) in [5, 5.41) is 0. The Hall–Kier alpha value is 0. The van der Waals surface area contributed by atoms with Gasteiger partial charge < -0.3 is 0 Å². The third kappa shape index (κ3) is 0.960. The molecule has 0 aliphatic heterocycles. The molecule has 0 heterocycles. The molecule has 1 fully saturated rings. The zero-order valence-electron chi connectivity index (χ0n) is 8.43. The lowest BCUT2D eigenvalue weighted by molar-refractivity contribution is 0.457. The predicted octanol–water partition coefficient (Wildman–Crippen LogP) is 2.44. The summed E-state index contributed by atoms with van der Waals surface area (Å²) < 4.78 is 28.8. The first-order valence-corrected chi connectivity index (χ1v) is 2.82. The van der Waals surface area contributed by atoms with E-state index < -0.39 is 13.8 Å². The van der Waals surface area contributed by atoms with Crippen LogP contribution < -0.4 is 0 Å². The van der Waals surface area contributed by atoms with Gasteiger partial charge in [0.25, 0.3) is 0 Å². The fourth-order valence-corrected chi connectivity index (χ4v) is 1.02. The molecule has 0 saturated heterocycles. The van der Waals surface area contributed by atoms with E-state index in [0.717, 1.165) is 19.3 Å². The molecule has 1 aliphatic carbocycles. The van der Waals surface area contributed by atoms with Crippen LogP contribution in [0.5, 0.6) is 0 Å². The monoisotopic (exact) mass is 102 g/mol. The van der Waals surface area contributed by atoms with E-state index in [1.165, 1.54) is 0 Å². The topological polar surface area (TPSA) is 0 Å². The normalized spacial score (nSPS) is 51.1. The molecule has 1 rings (SSSR count). The molecule has 1 saturated carbocycles. The first kappa shape index (κ1) is 2.08. The maximum absolute atomic E-state index is 7.20. The molecule has 0 radical (unpaired) electrons. The van der Waals surface area contributed by atoms with Crippen molar-refractivity contribution in [3.05, 3.63) is 0 Å². The van der Waals surface area contributed by atoms with Gasteiger partial charge in [0.1, 0.15) is 0 Å². The molecule has 1 aliphatic rings. The molecular formula is C7H14. The fraction of sp³-hybridized carbons (Fsp3) is 1.00. The predicted molar refractivity (Wildman–Crippen MR) is 32.2 cm³/mol. The van der Waals surface area contributed by atoms with Gasteiger partial charge in [0.15, 0.2) is 0 Å². The van der Waals surface area contributed by atoms with Crippen LogP contribution in [0.15, 0.2) is 0 Å². The van der Waals surface area contributed by atoms with Gasteiger partial charge in [-0.15, -0.1) is 0 Å². The van der Waals surface area contributed by atoms with Crippen LogP contribution in [-0.2, 0) is 0 Å². The first-order chi connectivity index (χ1) is 5.13. The van der Waals surface area contributed by atoms with Crippen LogP contribution in [0.2, 0.25) is 0 Å². The SMILES string of the molecule is [2H]C([2H])[C@H]1CCC[C@@H]1C([2H])[2H]. The molecule has 0 heteroatoms. The van der Waals surface area contributed by atoms with Crippen LogP contribution in [0.3, 0.4) is 0 Å². The number of rotatable bonds is 0. The lowest BCUT2D eigenvalue weighted by Crippen LogP contribution is -1.95. The van der Waals surface area contributed by atoms with Crippen LogP contribution in [0.4, 0.5) is 0 Å². The fourth-order valence-electron chi connectivity index (χ4n) is 1.02. The van der Waals surface area contributed by atoms with Crippen molar-refractivity contribution in [1.29, 1.82) is 0 Å². The molecule has 0 amide bonds. The van der Waals surface area contributed by atoms with Crippen molar-refractivity contribution >= 4 is 0 Å². The van der Waals surface area contributed by atoms with E-state index >= 15 is 0 Å². The third-order valence-corrected chi connectivity index (χ3v) is 1.62. The molecule has 0 bridgehead atoms. The van der Waals surface area contributed by atoms with Gasteiger partial charge in [-0.25, -0.2) is 0 Å². The van der Waals surface area contributed by atoms with E-state index in [-0.39, 0.29) is 11.8 Å². The maximum Gasteiger partial charge on any atom is 0.0233 e. The zero-order valence-corrected chi connectivity index (χ0v) is 4.43. The van der Waals surface area contributed by atoms with Crippen LogP contribution >= 0.6 is 0 Å². The lowest BCUT2D eigenvalue weighted by Gasteiger charge is -2.05. The van der Waals surface area contributed by atoms with Crippen molar-refractivity contribution < 1.29 is 5.48 Å². The summed E-state index contributed by atoms with van der Waals surface area (Å²) in [6.07, 6.45) is 2.74. The summed E-state index contributed by atoms with van der Waals surface area (Å²) in [5.41, 5.74) is 0. The van der Waals surface area contributed by atoms with Gasteiger partial charge in [-0.05, 0) is 11.8 Å². The summed E-state index contributed by atoms with van der Waals surface area (Å²) in [5.74, 6) is -0.0370. The highest BCUT2D eigenvalue weighted by Gasteiger charge is 2.17. The van der Waals surface area contributed by atoms with Crippen molar-refractivity contribution in [2.45, 2.75) is 33.0 Å². The smallest absolute Gasteiger partial charge is 0.0233 e. The first-order valence-electron chi connectivity index (χ1n) is 5.13. The maximum atomic E-state index is 7.20. The second-order valence-corrected chi connectivity index (χ2v) is 2.26. The molecule has 0 N–H and O–H groups in total. The minimum absolute atomic E-state index is 0.0185. The Labute approximate surface area is 51.5 Å². The van der Waals surface area contributed by atoms with Crippen LogP contribution in [0, 0.1) is 11.8 Å². The van der Waals surface area contributed by atoms with Crippen LogP contribution in [0.25, 0.3) is 0 Å². The van der Waals surface area contributed by atoms with E-state index in [9.17, 15) is 0 Å². The highest BCUT2D eigenvalue weighted by atomic mass is 14.2. The second-order valence-electron chi connectivity index (χ2n) is 2.26. The number of hydrogen-bond acceptors (Lipinski definition) is 0. The highest BCUT2D eigenvalue weighted by molar-refractivity contribution is 4.69. The van der Waals surface area contributed by atoms with Crippen molar-refractivity contribution in [2.75, 3.05) is 0 Å². The van der Waals surface area contributed by atoms with Crippen LogP contribution in [0.1, 0.15) is 38.5 Å².